The fourth-order valence-corrected chi connectivity index (χ4v) is 4.16. The van der Waals surface area contributed by atoms with E-state index in [2.05, 4.69) is 10.3 Å². The molecule has 7 nitrogen and oxygen atoms in total. The lowest BCUT2D eigenvalue weighted by Crippen LogP contribution is -2.46. The van der Waals surface area contributed by atoms with Gasteiger partial charge in [0.15, 0.2) is 0 Å². The summed E-state index contributed by atoms with van der Waals surface area (Å²) in [5, 5.41) is 3.14. The molecule has 4 rings (SSSR count). The molecule has 1 saturated heterocycles. The van der Waals surface area contributed by atoms with Gasteiger partial charge in [-0.2, -0.15) is 0 Å². The van der Waals surface area contributed by atoms with E-state index in [-0.39, 0.29) is 23.5 Å². The first-order chi connectivity index (χ1) is 16.0. The van der Waals surface area contributed by atoms with E-state index in [1.54, 1.807) is 18.2 Å². The van der Waals surface area contributed by atoms with Crippen LogP contribution in [0.4, 0.5) is 4.39 Å². The molecule has 8 heteroatoms. The maximum Gasteiger partial charge on any atom is 0.253 e. The number of ether oxygens (including phenoxy) is 1. The summed E-state index contributed by atoms with van der Waals surface area (Å²) in [5.74, 6) is 0.388. The van der Waals surface area contributed by atoms with Crippen molar-refractivity contribution in [2.45, 2.75) is 18.9 Å². The first kappa shape index (κ1) is 22.5. The lowest BCUT2D eigenvalue weighted by atomic mass is 9.95. The molecule has 2 heterocycles. The third-order valence-corrected chi connectivity index (χ3v) is 6.02. The summed E-state index contributed by atoms with van der Waals surface area (Å²) in [6, 6.07) is 12.6. The van der Waals surface area contributed by atoms with Crippen molar-refractivity contribution in [3.05, 3.63) is 83.7 Å². The number of imidazole rings is 1. The van der Waals surface area contributed by atoms with Crippen molar-refractivity contribution in [1.29, 1.82) is 0 Å². The molecule has 0 saturated carbocycles. The average molecular weight is 451 g/mol. The standard InChI is InChI=1S/C25H27FN4O3/c1-29-15-13-27-23(29)22(17-7-11-21(33-2)12-8-17)28-24(31)19-4-3-14-30(16-19)25(32)18-5-9-20(26)10-6-18/h5-13,15,19,22H,3-4,14,16H2,1-2H3,(H,28,31). The molecule has 1 N–H and O–H groups in total. The van der Waals surface area contributed by atoms with Crippen LogP contribution in [-0.4, -0.2) is 46.5 Å². The van der Waals surface area contributed by atoms with Gasteiger partial charge in [0.25, 0.3) is 5.91 Å². The van der Waals surface area contributed by atoms with Crippen LogP contribution >= 0.6 is 0 Å². The Balaban J connectivity index is 1.50. The van der Waals surface area contributed by atoms with Crippen LogP contribution in [0.1, 0.15) is 40.6 Å². The molecule has 0 spiro atoms. The van der Waals surface area contributed by atoms with Gasteiger partial charge in [0.2, 0.25) is 5.91 Å². The lowest BCUT2D eigenvalue weighted by Gasteiger charge is -2.33. The fraction of sp³-hybridized carbons (Fsp3) is 0.320. The molecular weight excluding hydrogens is 423 g/mol. The first-order valence-electron chi connectivity index (χ1n) is 10.9. The fourth-order valence-electron chi connectivity index (χ4n) is 4.16. The highest BCUT2D eigenvalue weighted by molar-refractivity contribution is 5.94. The number of halogens is 1. The van der Waals surface area contributed by atoms with E-state index in [0.29, 0.717) is 30.9 Å². The summed E-state index contributed by atoms with van der Waals surface area (Å²) in [6.07, 6.45) is 4.94. The van der Waals surface area contributed by atoms with Crippen molar-refractivity contribution < 1.29 is 18.7 Å². The number of carbonyl (C=O) groups is 2. The predicted molar refractivity (Wildman–Crippen MR) is 121 cm³/mol. The van der Waals surface area contributed by atoms with Gasteiger partial charge in [-0.05, 0) is 54.8 Å². The summed E-state index contributed by atoms with van der Waals surface area (Å²) >= 11 is 0. The minimum Gasteiger partial charge on any atom is -0.497 e. The second-order valence-corrected chi connectivity index (χ2v) is 8.21. The van der Waals surface area contributed by atoms with Crippen molar-refractivity contribution in [3.63, 3.8) is 0 Å². The Bertz CT molecular complexity index is 1110. The Morgan fingerprint density at radius 3 is 2.52 bits per heavy atom. The number of aryl methyl sites for hydroxylation is 1. The predicted octanol–water partition coefficient (Wildman–Crippen LogP) is 3.33. The average Bonchev–Trinajstić information content (AvgIpc) is 3.28. The van der Waals surface area contributed by atoms with Crippen molar-refractivity contribution >= 4 is 11.8 Å². The third-order valence-electron chi connectivity index (χ3n) is 6.02. The Morgan fingerprint density at radius 1 is 1.15 bits per heavy atom. The monoisotopic (exact) mass is 450 g/mol. The number of nitrogens with one attached hydrogen (secondary N) is 1. The number of nitrogens with zero attached hydrogens (tertiary/aromatic N) is 3. The molecular formula is C25H27FN4O3. The van der Waals surface area contributed by atoms with Crippen LogP contribution in [0.2, 0.25) is 0 Å². The molecule has 33 heavy (non-hydrogen) atoms. The molecule has 2 amide bonds. The molecule has 0 bridgehead atoms. The Morgan fingerprint density at radius 2 is 1.88 bits per heavy atom. The Hall–Kier alpha value is -3.68. The van der Waals surface area contributed by atoms with Gasteiger partial charge in [0.1, 0.15) is 23.4 Å². The largest absolute Gasteiger partial charge is 0.497 e. The number of rotatable bonds is 6. The van der Waals surface area contributed by atoms with E-state index >= 15 is 0 Å². The van der Waals surface area contributed by atoms with Crippen LogP contribution < -0.4 is 10.1 Å². The quantitative estimate of drug-likeness (QED) is 0.625. The molecule has 3 aromatic rings. The van der Waals surface area contributed by atoms with Gasteiger partial charge >= 0.3 is 0 Å². The minimum absolute atomic E-state index is 0.129. The van der Waals surface area contributed by atoms with Gasteiger partial charge in [0, 0.05) is 38.1 Å². The normalized spacial score (nSPS) is 16.8. The molecule has 2 atom stereocenters. The molecule has 1 aliphatic heterocycles. The van der Waals surface area contributed by atoms with Crippen molar-refractivity contribution in [2.75, 3.05) is 20.2 Å². The molecule has 0 radical (unpaired) electrons. The number of hydrogen-bond acceptors (Lipinski definition) is 4. The molecule has 1 aromatic heterocycles. The lowest BCUT2D eigenvalue weighted by molar-refractivity contribution is -0.126. The molecule has 1 fully saturated rings. The van der Waals surface area contributed by atoms with Crippen molar-refractivity contribution in [2.24, 2.45) is 13.0 Å². The maximum atomic E-state index is 13.3. The highest BCUT2D eigenvalue weighted by Crippen LogP contribution is 2.25. The Kier molecular flexibility index (Phi) is 6.72. The van der Waals surface area contributed by atoms with Gasteiger partial charge in [-0.25, -0.2) is 9.37 Å². The van der Waals surface area contributed by atoms with Gasteiger partial charge in [0.05, 0.1) is 13.0 Å². The third kappa shape index (κ3) is 5.05. The second-order valence-electron chi connectivity index (χ2n) is 8.21. The number of aromatic nitrogens is 2. The van der Waals surface area contributed by atoms with E-state index in [1.165, 1.54) is 24.3 Å². The summed E-state index contributed by atoms with van der Waals surface area (Å²) in [4.78, 5) is 32.3. The minimum atomic E-state index is -0.438. The van der Waals surface area contributed by atoms with Gasteiger partial charge in [-0.1, -0.05) is 12.1 Å². The van der Waals surface area contributed by atoms with E-state index in [9.17, 15) is 14.0 Å². The van der Waals surface area contributed by atoms with Gasteiger partial charge < -0.3 is 19.5 Å². The number of piperidine rings is 1. The molecule has 2 aromatic carbocycles. The van der Waals surface area contributed by atoms with Crippen LogP contribution in [0.15, 0.2) is 60.9 Å². The van der Waals surface area contributed by atoms with Crippen LogP contribution in [-0.2, 0) is 11.8 Å². The zero-order valence-corrected chi connectivity index (χ0v) is 18.7. The topological polar surface area (TPSA) is 76.5 Å². The highest BCUT2D eigenvalue weighted by Gasteiger charge is 2.31. The summed E-state index contributed by atoms with van der Waals surface area (Å²) < 4.78 is 20.3. The van der Waals surface area contributed by atoms with E-state index in [0.717, 1.165) is 17.7 Å². The number of methoxy groups -OCH3 is 1. The molecule has 0 aliphatic carbocycles. The summed E-state index contributed by atoms with van der Waals surface area (Å²) in [6.45, 7) is 0.888. The van der Waals surface area contributed by atoms with Crippen LogP contribution in [0.3, 0.4) is 0 Å². The van der Waals surface area contributed by atoms with Crippen LogP contribution in [0.5, 0.6) is 5.75 Å². The smallest absolute Gasteiger partial charge is 0.253 e. The van der Waals surface area contributed by atoms with E-state index in [4.69, 9.17) is 4.74 Å². The highest BCUT2D eigenvalue weighted by atomic mass is 19.1. The first-order valence-corrected chi connectivity index (χ1v) is 10.9. The van der Waals surface area contributed by atoms with Crippen molar-refractivity contribution in [1.82, 2.24) is 19.8 Å². The maximum absolute atomic E-state index is 13.3. The van der Waals surface area contributed by atoms with Crippen molar-refractivity contribution in [3.8, 4) is 5.75 Å². The molecule has 2 unspecified atom stereocenters. The summed E-state index contributed by atoms with van der Waals surface area (Å²) in [7, 11) is 3.49. The number of carbonyl (C=O) groups excluding carboxylic acids is 2. The van der Waals surface area contributed by atoms with E-state index in [1.807, 2.05) is 42.1 Å². The van der Waals surface area contributed by atoms with E-state index < -0.39 is 6.04 Å². The van der Waals surface area contributed by atoms with Crippen LogP contribution in [0, 0.1) is 11.7 Å². The zero-order valence-electron chi connectivity index (χ0n) is 18.7. The number of benzene rings is 2. The van der Waals surface area contributed by atoms with Gasteiger partial charge in [-0.15, -0.1) is 0 Å². The van der Waals surface area contributed by atoms with Gasteiger partial charge in [-0.3, -0.25) is 9.59 Å². The Labute approximate surface area is 192 Å². The number of amides is 2. The van der Waals surface area contributed by atoms with Crippen LogP contribution in [0.25, 0.3) is 0 Å². The number of hydrogen-bond donors (Lipinski definition) is 1. The summed E-state index contributed by atoms with van der Waals surface area (Å²) in [5.41, 5.74) is 1.30. The molecule has 172 valence electrons. The second kappa shape index (κ2) is 9.85. The SMILES string of the molecule is COc1ccc(C(NC(=O)C2CCCN(C(=O)c3ccc(F)cc3)C2)c2nccn2C)cc1. The number of likely N-dealkylation sites (tertiary alicyclic amines) is 1. The molecule has 1 aliphatic rings. The zero-order chi connectivity index (χ0) is 23.4.